The van der Waals surface area contributed by atoms with E-state index >= 15 is 0 Å². The van der Waals surface area contributed by atoms with Crippen LogP contribution < -0.4 is 28.3 Å². The van der Waals surface area contributed by atoms with E-state index in [2.05, 4.69) is 10.2 Å². The maximum absolute atomic E-state index is 5.97. The summed E-state index contributed by atoms with van der Waals surface area (Å²) in [6, 6.07) is 11.8. The fourth-order valence-electron chi connectivity index (χ4n) is 3.90. The number of hydrogen-bond donors (Lipinski definition) is 5. The van der Waals surface area contributed by atoms with Gasteiger partial charge in [0.25, 0.3) is 0 Å². The highest BCUT2D eigenvalue weighted by Crippen LogP contribution is 2.32. The molecule has 7 nitrogen and oxygen atoms in total. The quantitative estimate of drug-likeness (QED) is 0.176. The average Bonchev–Trinajstić information content (AvgIpc) is 2.72. The number of hydrogen-bond acceptors (Lipinski definition) is 7. The van der Waals surface area contributed by atoms with Crippen molar-refractivity contribution >= 4 is 38.9 Å². The Balaban J connectivity index is 1.59. The molecule has 0 fully saturated rings. The molecule has 9 N–H and O–H groups in total. The Morgan fingerprint density at radius 3 is 1.87 bits per heavy atom. The van der Waals surface area contributed by atoms with Crippen molar-refractivity contribution in [3.8, 4) is 0 Å². The lowest BCUT2D eigenvalue weighted by molar-refractivity contribution is 0.281. The van der Waals surface area contributed by atoms with Crippen LogP contribution in [0, 0.1) is 0 Å². The zero-order valence-corrected chi connectivity index (χ0v) is 17.7. The number of nitrogens with zero attached hydrogens (tertiary/aromatic N) is 2. The van der Waals surface area contributed by atoms with Crippen molar-refractivity contribution < 1.29 is 0 Å². The second kappa shape index (κ2) is 11.0. The fourth-order valence-corrected chi connectivity index (χ4v) is 3.90. The van der Waals surface area contributed by atoms with Crippen LogP contribution in [0.2, 0.25) is 0 Å². The average molecular weight is 410 g/mol. The molecule has 1 heterocycles. The van der Waals surface area contributed by atoms with Gasteiger partial charge in [-0.05, 0) is 55.8 Å². The van der Waals surface area contributed by atoms with E-state index in [1.54, 1.807) is 0 Å². The molecular formula is C23H35N7. The van der Waals surface area contributed by atoms with E-state index in [0.29, 0.717) is 24.5 Å². The molecule has 0 aliphatic carbocycles. The first kappa shape index (κ1) is 22.1. The van der Waals surface area contributed by atoms with Gasteiger partial charge in [-0.3, -0.25) is 0 Å². The fraction of sp³-hybridized carbons (Fsp3) is 0.435. The first-order valence-corrected chi connectivity index (χ1v) is 10.9. The van der Waals surface area contributed by atoms with E-state index in [0.717, 1.165) is 60.1 Å². The Morgan fingerprint density at radius 2 is 1.30 bits per heavy atom. The van der Waals surface area contributed by atoms with Crippen LogP contribution >= 0.6 is 0 Å². The lowest BCUT2D eigenvalue weighted by Gasteiger charge is -2.20. The molecule has 0 aliphatic heterocycles. The number of unbranched alkanes of at least 4 members (excludes halogenated alkanes) is 3. The molecule has 3 aromatic rings. The van der Waals surface area contributed by atoms with E-state index in [-0.39, 0.29) is 0 Å². The minimum absolute atomic E-state index is 0.690. The van der Waals surface area contributed by atoms with Crippen LogP contribution in [-0.2, 0) is 0 Å². The zero-order valence-electron chi connectivity index (χ0n) is 17.7. The van der Waals surface area contributed by atoms with Crippen LogP contribution in [0.3, 0.4) is 0 Å². The van der Waals surface area contributed by atoms with E-state index in [9.17, 15) is 0 Å². The maximum Gasteiger partial charge on any atom is 0.0751 e. The minimum atomic E-state index is 0.690. The van der Waals surface area contributed by atoms with Gasteiger partial charge in [0.15, 0.2) is 0 Å². The van der Waals surface area contributed by atoms with Crippen molar-refractivity contribution in [2.24, 2.45) is 11.5 Å². The predicted octanol–water partition coefficient (Wildman–Crippen LogP) is 2.74. The Kier molecular flexibility index (Phi) is 8.07. The molecule has 2 aromatic carbocycles. The number of nitrogen functional groups attached to an aromatic ring is 2. The van der Waals surface area contributed by atoms with Gasteiger partial charge in [0, 0.05) is 54.9 Å². The van der Waals surface area contributed by atoms with Gasteiger partial charge in [0.1, 0.15) is 0 Å². The second-order valence-corrected chi connectivity index (χ2v) is 7.80. The van der Waals surface area contributed by atoms with Gasteiger partial charge >= 0.3 is 0 Å². The lowest BCUT2D eigenvalue weighted by atomic mass is 10.1. The van der Waals surface area contributed by atoms with Crippen molar-refractivity contribution in [3.05, 3.63) is 36.4 Å². The van der Waals surface area contributed by atoms with Crippen molar-refractivity contribution in [2.45, 2.75) is 25.7 Å². The van der Waals surface area contributed by atoms with Crippen molar-refractivity contribution in [3.63, 3.8) is 0 Å². The number of aromatic nitrogens is 1. The van der Waals surface area contributed by atoms with Gasteiger partial charge < -0.3 is 33.2 Å². The summed E-state index contributed by atoms with van der Waals surface area (Å²) in [5, 5.41) is 5.81. The molecule has 3 rings (SSSR count). The third-order valence-corrected chi connectivity index (χ3v) is 5.42. The number of rotatable bonds is 12. The van der Waals surface area contributed by atoms with E-state index in [1.165, 1.54) is 19.3 Å². The van der Waals surface area contributed by atoms with E-state index in [4.69, 9.17) is 27.9 Å². The Hall–Kier alpha value is -2.61. The van der Waals surface area contributed by atoms with Crippen LogP contribution in [0.4, 0.5) is 17.1 Å². The largest absolute Gasteiger partial charge is 0.399 e. The molecule has 0 spiro atoms. The van der Waals surface area contributed by atoms with Gasteiger partial charge in [0.2, 0.25) is 0 Å². The van der Waals surface area contributed by atoms with Crippen LogP contribution in [0.1, 0.15) is 25.7 Å². The Morgan fingerprint density at radius 1 is 0.733 bits per heavy atom. The smallest absolute Gasteiger partial charge is 0.0751 e. The molecular weight excluding hydrogens is 374 g/mol. The number of pyridine rings is 1. The van der Waals surface area contributed by atoms with Crippen LogP contribution in [0.5, 0.6) is 0 Å². The van der Waals surface area contributed by atoms with Crippen molar-refractivity contribution in [1.82, 2.24) is 9.88 Å². The SMILES string of the molecule is NCCN(CCN)CCCCCCNc1c2ccc(N)cc2nc2cc(N)ccc12. The highest BCUT2D eigenvalue weighted by molar-refractivity contribution is 6.08. The van der Waals surface area contributed by atoms with Gasteiger partial charge in [-0.2, -0.15) is 0 Å². The summed E-state index contributed by atoms with van der Waals surface area (Å²) in [7, 11) is 0. The highest BCUT2D eigenvalue weighted by Gasteiger charge is 2.10. The molecule has 0 amide bonds. The summed E-state index contributed by atoms with van der Waals surface area (Å²) in [5.74, 6) is 0. The lowest BCUT2D eigenvalue weighted by Crippen LogP contribution is -2.34. The molecule has 0 atom stereocenters. The summed E-state index contributed by atoms with van der Waals surface area (Å²) in [6.07, 6.45) is 4.69. The van der Waals surface area contributed by atoms with Gasteiger partial charge in [-0.1, -0.05) is 12.8 Å². The van der Waals surface area contributed by atoms with Crippen molar-refractivity contribution in [1.29, 1.82) is 0 Å². The first-order chi connectivity index (χ1) is 14.6. The van der Waals surface area contributed by atoms with E-state index < -0.39 is 0 Å². The zero-order chi connectivity index (χ0) is 21.3. The molecule has 0 bridgehead atoms. The molecule has 7 heteroatoms. The van der Waals surface area contributed by atoms with Crippen LogP contribution in [0.25, 0.3) is 21.8 Å². The van der Waals surface area contributed by atoms with E-state index in [1.807, 2.05) is 36.4 Å². The first-order valence-electron chi connectivity index (χ1n) is 10.9. The summed E-state index contributed by atoms with van der Waals surface area (Å²) in [6.45, 7) is 5.22. The molecule has 0 unspecified atom stereocenters. The summed E-state index contributed by atoms with van der Waals surface area (Å²) >= 11 is 0. The predicted molar refractivity (Wildman–Crippen MR) is 130 cm³/mol. The molecule has 1 aromatic heterocycles. The number of nitrogens with two attached hydrogens (primary N) is 4. The van der Waals surface area contributed by atoms with Crippen molar-refractivity contribution in [2.75, 3.05) is 56.1 Å². The standard InChI is InChI=1S/C23H35N7/c24-9-13-30(14-10-25)12-4-2-1-3-11-28-23-19-7-5-17(26)15-21(19)29-22-16-18(27)6-8-20(22)23/h5-8,15-16H,1-4,9-14,24-27H2,(H,28,29). The molecule has 0 radical (unpaired) electrons. The number of benzene rings is 2. The number of anilines is 3. The molecule has 0 saturated heterocycles. The summed E-state index contributed by atoms with van der Waals surface area (Å²) in [5.41, 5.74) is 27.6. The van der Waals surface area contributed by atoms with Gasteiger partial charge in [-0.15, -0.1) is 0 Å². The molecule has 0 aliphatic rings. The number of nitrogens with one attached hydrogen (secondary N) is 1. The second-order valence-electron chi connectivity index (χ2n) is 7.80. The van der Waals surface area contributed by atoms with Crippen LogP contribution in [-0.4, -0.2) is 49.2 Å². The molecule has 162 valence electrons. The number of fused-ring (bicyclic) bond motifs is 2. The van der Waals surface area contributed by atoms with Gasteiger partial charge in [-0.25, -0.2) is 4.98 Å². The third kappa shape index (κ3) is 5.72. The summed E-state index contributed by atoms with van der Waals surface area (Å²) < 4.78 is 0. The topological polar surface area (TPSA) is 132 Å². The van der Waals surface area contributed by atoms with Gasteiger partial charge in [0.05, 0.1) is 16.7 Å². The Bertz CT molecular complexity index is 891. The molecule has 30 heavy (non-hydrogen) atoms. The maximum atomic E-state index is 5.97. The third-order valence-electron chi connectivity index (χ3n) is 5.42. The normalized spacial score (nSPS) is 11.6. The highest BCUT2D eigenvalue weighted by atomic mass is 15.1. The summed E-state index contributed by atoms with van der Waals surface area (Å²) in [4.78, 5) is 7.11. The molecule has 0 saturated carbocycles. The van der Waals surface area contributed by atoms with Crippen LogP contribution in [0.15, 0.2) is 36.4 Å². The minimum Gasteiger partial charge on any atom is -0.399 e. The monoisotopic (exact) mass is 409 g/mol. The Labute approximate surface area is 178 Å².